The van der Waals surface area contributed by atoms with Crippen molar-refractivity contribution in [2.75, 3.05) is 17.5 Å². The molecular formula is C32H37N3O6S. The molecule has 0 aliphatic rings. The molecule has 0 radical (unpaired) electrons. The van der Waals surface area contributed by atoms with Gasteiger partial charge in [-0.1, -0.05) is 60.7 Å². The van der Waals surface area contributed by atoms with Crippen molar-refractivity contribution < 1.29 is 28.5 Å². The van der Waals surface area contributed by atoms with Crippen LogP contribution < -0.4 is 15.8 Å². The number of phenols is 2. The molecule has 4 rings (SSSR count). The highest BCUT2D eigenvalue weighted by Gasteiger charge is 2.24. The minimum atomic E-state index is -3.60. The Labute approximate surface area is 246 Å². The highest BCUT2D eigenvalue weighted by molar-refractivity contribution is 7.92. The molecule has 2 atom stereocenters. The second-order valence-corrected chi connectivity index (χ2v) is 13.1. The molecule has 222 valence electrons. The van der Waals surface area contributed by atoms with Crippen molar-refractivity contribution in [3.63, 3.8) is 0 Å². The van der Waals surface area contributed by atoms with Gasteiger partial charge in [0.25, 0.3) is 0 Å². The summed E-state index contributed by atoms with van der Waals surface area (Å²) in [5.41, 5.74) is 8.54. The number of sulfonamides is 1. The summed E-state index contributed by atoms with van der Waals surface area (Å²) in [6, 6.07) is 23.0. The number of fused-ring (bicyclic) bond motifs is 1. The van der Waals surface area contributed by atoms with E-state index >= 15 is 0 Å². The maximum Gasteiger partial charge on any atom is 0.229 e. The van der Waals surface area contributed by atoms with E-state index in [2.05, 4.69) is 10.0 Å². The minimum absolute atomic E-state index is 0.00516. The van der Waals surface area contributed by atoms with Crippen LogP contribution in [0.2, 0.25) is 0 Å². The summed E-state index contributed by atoms with van der Waals surface area (Å²) < 4.78 is 25.4. The van der Waals surface area contributed by atoms with E-state index in [0.29, 0.717) is 18.4 Å². The summed E-state index contributed by atoms with van der Waals surface area (Å²) in [4.78, 5) is 12.6. The van der Waals surface area contributed by atoms with Crippen molar-refractivity contribution in [2.24, 2.45) is 5.73 Å². The maximum atomic E-state index is 12.6. The Balaban J connectivity index is 1.47. The normalized spacial score (nSPS) is 13.5. The van der Waals surface area contributed by atoms with Gasteiger partial charge >= 0.3 is 0 Å². The van der Waals surface area contributed by atoms with Crippen molar-refractivity contribution in [1.29, 1.82) is 0 Å². The van der Waals surface area contributed by atoms with E-state index in [-0.39, 0.29) is 23.7 Å². The molecule has 0 aliphatic carbocycles. The number of carbonyl (C=O) groups is 1. The molecule has 0 bridgehead atoms. The van der Waals surface area contributed by atoms with Crippen LogP contribution in [0.25, 0.3) is 10.8 Å². The molecule has 9 nitrogen and oxygen atoms in total. The molecular weight excluding hydrogens is 554 g/mol. The van der Waals surface area contributed by atoms with Gasteiger partial charge in [0.2, 0.25) is 15.9 Å². The van der Waals surface area contributed by atoms with Crippen molar-refractivity contribution in [1.82, 2.24) is 5.32 Å². The first kappa shape index (κ1) is 30.8. The fraction of sp³-hybridized carbons (Fsp3) is 0.281. The van der Waals surface area contributed by atoms with E-state index in [4.69, 9.17) is 5.73 Å². The Bertz CT molecular complexity index is 1700. The lowest BCUT2D eigenvalue weighted by molar-refractivity contribution is -0.119. The number of anilines is 1. The first-order chi connectivity index (χ1) is 19.7. The van der Waals surface area contributed by atoms with Crippen LogP contribution in [0.15, 0.2) is 78.9 Å². The Kier molecular flexibility index (Phi) is 9.10. The average Bonchev–Trinajstić information content (AvgIpc) is 2.92. The van der Waals surface area contributed by atoms with E-state index < -0.39 is 33.5 Å². The molecule has 1 amide bonds. The van der Waals surface area contributed by atoms with Gasteiger partial charge in [-0.2, -0.15) is 0 Å². The summed E-state index contributed by atoms with van der Waals surface area (Å²) in [6.07, 6.45) is 0.986. The van der Waals surface area contributed by atoms with Gasteiger partial charge < -0.3 is 26.4 Å². The van der Waals surface area contributed by atoms with Crippen LogP contribution in [0.3, 0.4) is 0 Å². The smallest absolute Gasteiger partial charge is 0.229 e. The number of aromatic hydroxyl groups is 2. The monoisotopic (exact) mass is 591 g/mol. The second-order valence-electron chi connectivity index (χ2n) is 11.3. The largest absolute Gasteiger partial charge is 0.507 e. The number of benzene rings is 4. The lowest BCUT2D eigenvalue weighted by Gasteiger charge is -2.29. The van der Waals surface area contributed by atoms with Crippen molar-refractivity contribution >= 4 is 32.4 Å². The molecule has 0 aromatic heterocycles. The number of aliphatic hydroxyl groups is 1. The number of hydrogen-bond donors (Lipinski definition) is 6. The van der Waals surface area contributed by atoms with Gasteiger partial charge in [0, 0.05) is 17.5 Å². The lowest BCUT2D eigenvalue weighted by atomic mass is 9.86. The van der Waals surface area contributed by atoms with Gasteiger partial charge in [0.15, 0.2) is 0 Å². The number of nitrogens with one attached hydrogen (secondary N) is 2. The minimum Gasteiger partial charge on any atom is -0.507 e. The maximum absolute atomic E-state index is 12.6. The molecule has 4 aromatic rings. The summed E-state index contributed by atoms with van der Waals surface area (Å²) in [6.45, 7) is 4.16. The van der Waals surface area contributed by atoms with Gasteiger partial charge in [-0.25, -0.2) is 8.42 Å². The number of hydrogen-bond acceptors (Lipinski definition) is 7. The van der Waals surface area contributed by atoms with Crippen LogP contribution in [-0.4, -0.2) is 48.0 Å². The number of carbonyl (C=O) groups excluding carboxylic acids is 1. The summed E-state index contributed by atoms with van der Waals surface area (Å²) in [5.74, 6) is -1.07. The van der Waals surface area contributed by atoms with E-state index in [1.165, 1.54) is 18.2 Å². The molecule has 0 spiro atoms. The first-order valence-electron chi connectivity index (χ1n) is 13.5. The predicted octanol–water partition coefficient (Wildman–Crippen LogP) is 4.08. The summed E-state index contributed by atoms with van der Waals surface area (Å²) >= 11 is 0. The molecule has 1 unspecified atom stereocenters. The van der Waals surface area contributed by atoms with E-state index in [0.717, 1.165) is 33.7 Å². The Morgan fingerprint density at radius 1 is 0.905 bits per heavy atom. The Morgan fingerprint density at radius 2 is 1.60 bits per heavy atom. The molecule has 7 N–H and O–H groups in total. The molecule has 10 heteroatoms. The number of primary amides is 1. The Hall–Kier alpha value is -4.12. The summed E-state index contributed by atoms with van der Waals surface area (Å²) in [7, 11) is -3.60. The van der Waals surface area contributed by atoms with Crippen molar-refractivity contribution in [2.45, 2.75) is 44.2 Å². The van der Waals surface area contributed by atoms with Crippen LogP contribution in [0.4, 0.5) is 5.69 Å². The number of β-amino-alcohol motifs (C(OH)–C–C–N with tert-alkyl or cyclic N) is 1. The topological polar surface area (TPSA) is 162 Å². The highest BCUT2D eigenvalue weighted by Crippen LogP contribution is 2.32. The average molecular weight is 592 g/mol. The van der Waals surface area contributed by atoms with E-state index in [1.807, 2.05) is 68.4 Å². The van der Waals surface area contributed by atoms with E-state index in [1.54, 1.807) is 6.07 Å². The third-order valence-corrected chi connectivity index (χ3v) is 7.82. The third-order valence-electron chi connectivity index (χ3n) is 7.23. The number of phenolic OH excluding ortho intramolecular Hbond substituents is 2. The number of rotatable bonds is 12. The number of aliphatic hydroxyl groups excluding tert-OH is 1. The molecule has 0 fully saturated rings. The zero-order chi connectivity index (χ0) is 30.7. The quantitative estimate of drug-likeness (QED) is 0.135. The number of amides is 1. The second kappa shape index (κ2) is 12.4. The highest BCUT2D eigenvalue weighted by atomic mass is 32.2. The molecule has 42 heavy (non-hydrogen) atoms. The van der Waals surface area contributed by atoms with Crippen LogP contribution >= 0.6 is 0 Å². The lowest BCUT2D eigenvalue weighted by Crippen LogP contribution is -2.43. The first-order valence-corrected chi connectivity index (χ1v) is 15.4. The summed E-state index contributed by atoms with van der Waals surface area (Å²) in [5, 5.41) is 36.0. The molecule has 0 heterocycles. The van der Waals surface area contributed by atoms with Crippen LogP contribution in [0.1, 0.15) is 48.1 Å². The third kappa shape index (κ3) is 7.79. The Morgan fingerprint density at radius 3 is 2.29 bits per heavy atom. The van der Waals surface area contributed by atoms with Gasteiger partial charge in [-0.05, 0) is 72.5 Å². The van der Waals surface area contributed by atoms with Gasteiger partial charge in [-0.3, -0.25) is 9.52 Å². The predicted molar refractivity (Wildman–Crippen MR) is 165 cm³/mol. The fourth-order valence-electron chi connectivity index (χ4n) is 5.15. The van der Waals surface area contributed by atoms with Gasteiger partial charge in [0.1, 0.15) is 11.5 Å². The molecule has 4 aromatic carbocycles. The van der Waals surface area contributed by atoms with Gasteiger partial charge in [-0.15, -0.1) is 0 Å². The van der Waals surface area contributed by atoms with Crippen LogP contribution in [-0.2, 0) is 27.7 Å². The molecule has 0 saturated heterocycles. The van der Waals surface area contributed by atoms with Crippen molar-refractivity contribution in [3.8, 4) is 11.5 Å². The van der Waals surface area contributed by atoms with Gasteiger partial charge in [0.05, 0.1) is 24.0 Å². The SMILES string of the molecule is CC(C)(Cc1cccc(C(Cc2ccc(O)c3ccccc23)C(N)=O)c1)NC[C@H](O)c1ccc(O)c(NS(C)(=O)=O)c1. The fourth-order valence-corrected chi connectivity index (χ4v) is 5.72. The van der Waals surface area contributed by atoms with Crippen molar-refractivity contribution in [3.05, 3.63) is 101 Å². The standard InChI is InChI=1S/C32H37N3O6S/c1-32(2,34-19-30(38)23-12-14-29(37)27(17-23)35-42(3,40)41)18-20-7-6-8-21(15-20)26(31(33)39)16-22-11-13-28(36)25-10-5-4-9-24(22)25/h4-15,17,26,30,34-38H,16,18-19H2,1-3H3,(H2,33,39)/t26?,30-/m0/s1. The number of nitrogens with two attached hydrogens (primary N) is 1. The molecule has 0 saturated carbocycles. The van der Waals surface area contributed by atoms with Crippen LogP contribution in [0.5, 0.6) is 11.5 Å². The van der Waals surface area contributed by atoms with E-state index in [9.17, 15) is 28.5 Å². The zero-order valence-corrected chi connectivity index (χ0v) is 24.7. The van der Waals surface area contributed by atoms with Crippen LogP contribution in [0, 0.1) is 0 Å². The molecule has 0 aliphatic heterocycles. The zero-order valence-electron chi connectivity index (χ0n) is 23.8.